The molecule has 0 radical (unpaired) electrons. The number of fused-ring (bicyclic) bond motifs is 1. The maximum absolute atomic E-state index is 12.0. The molecular formula is C14H9N3O2. The van der Waals surface area contributed by atoms with Gasteiger partial charge in [0.05, 0.1) is 11.4 Å². The van der Waals surface area contributed by atoms with E-state index in [0.29, 0.717) is 16.8 Å². The van der Waals surface area contributed by atoms with Crippen LogP contribution in [0.15, 0.2) is 45.6 Å². The van der Waals surface area contributed by atoms with E-state index in [1.54, 1.807) is 6.92 Å². The predicted molar refractivity (Wildman–Crippen MR) is 69.1 cm³/mol. The van der Waals surface area contributed by atoms with E-state index >= 15 is 0 Å². The van der Waals surface area contributed by atoms with Crippen molar-refractivity contribution in [1.82, 2.24) is 9.78 Å². The Kier molecular flexibility index (Phi) is 2.43. The van der Waals surface area contributed by atoms with Gasteiger partial charge in [-0.1, -0.05) is 18.2 Å². The summed E-state index contributed by atoms with van der Waals surface area (Å²) in [5, 5.41) is 13.6. The first-order valence-electron chi connectivity index (χ1n) is 5.69. The van der Waals surface area contributed by atoms with Crippen LogP contribution >= 0.6 is 0 Å². The Bertz CT molecular complexity index is 854. The highest BCUT2D eigenvalue weighted by atomic mass is 16.3. The minimum Gasteiger partial charge on any atom is -0.427 e. The zero-order valence-electron chi connectivity index (χ0n) is 10.1. The Morgan fingerprint density at radius 2 is 2.05 bits per heavy atom. The molecule has 0 fully saturated rings. The van der Waals surface area contributed by atoms with Crippen LogP contribution in [0, 0.1) is 18.3 Å². The monoisotopic (exact) mass is 251 g/mol. The van der Waals surface area contributed by atoms with E-state index in [0.717, 1.165) is 5.69 Å². The van der Waals surface area contributed by atoms with Crippen LogP contribution in [0.1, 0.15) is 11.5 Å². The van der Waals surface area contributed by atoms with Gasteiger partial charge in [-0.25, -0.2) is 0 Å². The van der Waals surface area contributed by atoms with Crippen molar-refractivity contribution in [3.63, 3.8) is 0 Å². The third-order valence-electron chi connectivity index (χ3n) is 2.84. The Labute approximate surface area is 108 Å². The third-order valence-corrected chi connectivity index (χ3v) is 2.84. The molecular weight excluding hydrogens is 242 g/mol. The Hall–Kier alpha value is -2.87. The van der Waals surface area contributed by atoms with Crippen LogP contribution in [0.4, 0.5) is 0 Å². The van der Waals surface area contributed by atoms with Gasteiger partial charge in [0.15, 0.2) is 5.43 Å². The summed E-state index contributed by atoms with van der Waals surface area (Å²) in [4.78, 5) is 12.0. The molecule has 19 heavy (non-hydrogen) atoms. The fraction of sp³-hybridized carbons (Fsp3) is 0.0714. The lowest BCUT2D eigenvalue weighted by Gasteiger charge is -2.01. The number of benzene rings is 1. The normalized spacial score (nSPS) is 10.5. The van der Waals surface area contributed by atoms with Gasteiger partial charge in [0, 0.05) is 6.07 Å². The molecule has 0 N–H and O–H groups in total. The van der Waals surface area contributed by atoms with Gasteiger partial charge in [0.1, 0.15) is 11.5 Å². The summed E-state index contributed by atoms with van der Waals surface area (Å²) < 4.78 is 6.97. The Balaban J connectivity index is 2.42. The topological polar surface area (TPSA) is 71.8 Å². The van der Waals surface area contributed by atoms with Crippen molar-refractivity contribution < 1.29 is 4.42 Å². The molecule has 0 aliphatic carbocycles. The number of aromatic nitrogens is 2. The van der Waals surface area contributed by atoms with Crippen LogP contribution in [0.3, 0.4) is 0 Å². The molecule has 5 heteroatoms. The number of rotatable bonds is 1. The average molecular weight is 251 g/mol. The first-order chi connectivity index (χ1) is 9.20. The molecule has 5 nitrogen and oxygen atoms in total. The minimum absolute atomic E-state index is 0.0189. The van der Waals surface area contributed by atoms with Crippen LogP contribution in [0.2, 0.25) is 0 Å². The molecule has 3 aromatic rings. The summed E-state index contributed by atoms with van der Waals surface area (Å²) in [6.45, 7) is 1.74. The van der Waals surface area contributed by atoms with Crippen molar-refractivity contribution in [3.05, 3.63) is 58.1 Å². The lowest BCUT2D eigenvalue weighted by molar-refractivity contribution is 0.558. The molecule has 2 aromatic heterocycles. The van der Waals surface area contributed by atoms with E-state index in [2.05, 4.69) is 5.10 Å². The van der Waals surface area contributed by atoms with Crippen molar-refractivity contribution in [2.24, 2.45) is 0 Å². The number of nitrogens with zero attached hydrogens (tertiary/aromatic N) is 3. The van der Waals surface area contributed by atoms with Crippen LogP contribution in [0.5, 0.6) is 0 Å². The second-order valence-corrected chi connectivity index (χ2v) is 4.10. The lowest BCUT2D eigenvalue weighted by Crippen LogP contribution is -2.02. The maximum Gasteiger partial charge on any atom is 0.235 e. The number of aryl methyl sites for hydroxylation is 1. The molecule has 2 heterocycles. The largest absolute Gasteiger partial charge is 0.427 e. The fourth-order valence-corrected chi connectivity index (χ4v) is 2.01. The molecule has 3 rings (SSSR count). The quantitative estimate of drug-likeness (QED) is 0.664. The molecule has 0 amide bonds. The molecule has 0 unspecified atom stereocenters. The summed E-state index contributed by atoms with van der Waals surface area (Å²) in [5.74, 6) is -0.0189. The second-order valence-electron chi connectivity index (χ2n) is 4.10. The standard InChI is InChI=1S/C14H9N3O2/c1-9-13-12(18)7-11(8-15)19-14(13)17(16-9)10-5-3-2-4-6-10/h2-7H,1H3. The highest BCUT2D eigenvalue weighted by molar-refractivity contribution is 5.78. The molecule has 0 bridgehead atoms. The SMILES string of the molecule is Cc1nn(-c2ccccc2)c2oc(C#N)cc(=O)c12. The van der Waals surface area contributed by atoms with Crippen molar-refractivity contribution in [3.8, 4) is 11.8 Å². The van der Waals surface area contributed by atoms with Gasteiger partial charge in [-0.2, -0.15) is 15.0 Å². The summed E-state index contributed by atoms with van der Waals surface area (Å²) in [6.07, 6.45) is 0. The second kappa shape index (κ2) is 4.10. The smallest absolute Gasteiger partial charge is 0.235 e. The van der Waals surface area contributed by atoms with Crippen molar-refractivity contribution in [1.29, 1.82) is 5.26 Å². The van der Waals surface area contributed by atoms with Crippen molar-refractivity contribution in [2.75, 3.05) is 0 Å². The van der Waals surface area contributed by atoms with E-state index in [-0.39, 0.29) is 11.2 Å². The fourth-order valence-electron chi connectivity index (χ4n) is 2.01. The third kappa shape index (κ3) is 1.70. The Morgan fingerprint density at radius 3 is 2.74 bits per heavy atom. The molecule has 0 aliphatic heterocycles. The van der Waals surface area contributed by atoms with Gasteiger partial charge in [-0.3, -0.25) is 4.79 Å². The Morgan fingerprint density at radius 1 is 1.32 bits per heavy atom. The molecule has 0 saturated heterocycles. The lowest BCUT2D eigenvalue weighted by atomic mass is 10.2. The predicted octanol–water partition coefficient (Wildman–Crippen LogP) is 2.16. The molecule has 0 spiro atoms. The number of hydrogen-bond acceptors (Lipinski definition) is 4. The zero-order chi connectivity index (χ0) is 13.4. The van der Waals surface area contributed by atoms with Gasteiger partial charge < -0.3 is 4.42 Å². The first kappa shape index (κ1) is 11.2. The van der Waals surface area contributed by atoms with Gasteiger partial charge in [-0.15, -0.1) is 0 Å². The molecule has 0 saturated carbocycles. The highest BCUT2D eigenvalue weighted by Crippen LogP contribution is 2.19. The van der Waals surface area contributed by atoms with Gasteiger partial charge >= 0.3 is 0 Å². The number of para-hydroxylation sites is 1. The van der Waals surface area contributed by atoms with E-state index in [1.165, 1.54) is 10.7 Å². The van der Waals surface area contributed by atoms with Gasteiger partial charge in [-0.05, 0) is 19.1 Å². The van der Waals surface area contributed by atoms with Crippen LogP contribution < -0.4 is 5.43 Å². The van der Waals surface area contributed by atoms with Crippen LogP contribution in [0.25, 0.3) is 16.8 Å². The summed E-state index contributed by atoms with van der Waals surface area (Å²) in [7, 11) is 0. The average Bonchev–Trinajstić information content (AvgIpc) is 2.77. The van der Waals surface area contributed by atoms with Gasteiger partial charge in [0.25, 0.3) is 0 Å². The van der Waals surface area contributed by atoms with Crippen LogP contribution in [-0.2, 0) is 0 Å². The van der Waals surface area contributed by atoms with E-state index in [9.17, 15) is 4.79 Å². The summed E-state index contributed by atoms with van der Waals surface area (Å²) >= 11 is 0. The first-order valence-corrected chi connectivity index (χ1v) is 5.69. The number of nitriles is 1. The van der Waals surface area contributed by atoms with E-state index in [4.69, 9.17) is 9.68 Å². The van der Waals surface area contributed by atoms with Crippen molar-refractivity contribution >= 4 is 11.1 Å². The molecule has 0 aliphatic rings. The molecule has 0 atom stereocenters. The maximum atomic E-state index is 12.0. The summed E-state index contributed by atoms with van der Waals surface area (Å²) in [5.41, 5.74) is 1.40. The van der Waals surface area contributed by atoms with Crippen molar-refractivity contribution in [2.45, 2.75) is 6.92 Å². The highest BCUT2D eigenvalue weighted by Gasteiger charge is 2.15. The minimum atomic E-state index is -0.252. The van der Waals surface area contributed by atoms with E-state index < -0.39 is 0 Å². The van der Waals surface area contributed by atoms with Crippen LogP contribution in [-0.4, -0.2) is 9.78 Å². The van der Waals surface area contributed by atoms with E-state index in [1.807, 2.05) is 36.4 Å². The zero-order valence-corrected chi connectivity index (χ0v) is 10.1. The number of hydrogen-bond donors (Lipinski definition) is 0. The van der Waals surface area contributed by atoms with Gasteiger partial charge in [0.2, 0.25) is 11.5 Å². The molecule has 1 aromatic carbocycles. The molecule has 92 valence electrons. The summed E-state index contributed by atoms with van der Waals surface area (Å²) in [6, 6.07) is 12.3.